The molecular formula is C30H38N2O. The average Bonchev–Trinajstić information content (AvgIpc) is 2.83. The van der Waals surface area contributed by atoms with Crippen LogP contribution in [0.3, 0.4) is 0 Å². The summed E-state index contributed by atoms with van der Waals surface area (Å²) in [6, 6.07) is 21.4. The van der Waals surface area contributed by atoms with Crippen molar-refractivity contribution >= 4 is 11.6 Å². The normalized spacial score (nSPS) is 31.6. The van der Waals surface area contributed by atoms with E-state index < -0.39 is 0 Å². The highest BCUT2D eigenvalue weighted by atomic mass is 16.2. The lowest BCUT2D eigenvalue weighted by molar-refractivity contribution is -0.143. The van der Waals surface area contributed by atoms with Gasteiger partial charge in [-0.05, 0) is 99.2 Å². The van der Waals surface area contributed by atoms with E-state index in [1.165, 1.54) is 44.1 Å². The van der Waals surface area contributed by atoms with Crippen molar-refractivity contribution in [3.05, 3.63) is 66.2 Å². The van der Waals surface area contributed by atoms with Gasteiger partial charge >= 0.3 is 0 Å². The molecule has 5 aliphatic rings. The minimum absolute atomic E-state index is 0.0871. The van der Waals surface area contributed by atoms with Gasteiger partial charge in [0.1, 0.15) is 0 Å². The molecule has 7 rings (SSSR count). The second kappa shape index (κ2) is 8.91. The molecule has 1 saturated heterocycles. The molecule has 1 amide bonds. The van der Waals surface area contributed by atoms with Gasteiger partial charge in [-0.3, -0.25) is 14.6 Å². The van der Waals surface area contributed by atoms with E-state index in [1.807, 2.05) is 0 Å². The number of hydrogen-bond donors (Lipinski definition) is 0. The molecular weight excluding hydrogens is 404 g/mol. The summed E-state index contributed by atoms with van der Waals surface area (Å²) in [6.07, 6.45) is 11.2. The van der Waals surface area contributed by atoms with Gasteiger partial charge in [0.25, 0.3) is 0 Å². The molecule has 4 saturated carbocycles. The standard InChI is InChI=1S/C30H38N2O/c33-29(30-19-25-16-26(20-30)18-27(17-25)21-30)32(28-9-5-2-6-10-28)22-31-13-11-24(12-14-31)15-23-7-3-1-4-8-23/h1-10,24-27H,11-22H2. The maximum absolute atomic E-state index is 14.3. The Kier molecular flexibility index (Phi) is 5.78. The van der Waals surface area contributed by atoms with E-state index in [2.05, 4.69) is 70.5 Å². The first kappa shape index (κ1) is 21.4. The number of rotatable bonds is 6. The van der Waals surface area contributed by atoms with Crippen molar-refractivity contribution in [2.45, 2.75) is 57.8 Å². The Morgan fingerprint density at radius 2 is 1.36 bits per heavy atom. The van der Waals surface area contributed by atoms with Gasteiger partial charge in [0.15, 0.2) is 0 Å². The summed E-state index contributed by atoms with van der Waals surface area (Å²) in [5.41, 5.74) is 2.46. The Labute approximate surface area is 199 Å². The molecule has 2 aromatic rings. The number of piperidine rings is 1. The lowest BCUT2D eigenvalue weighted by atomic mass is 9.49. The Morgan fingerprint density at radius 3 is 1.94 bits per heavy atom. The fourth-order valence-electron chi connectivity index (χ4n) is 8.01. The van der Waals surface area contributed by atoms with Crippen molar-refractivity contribution in [2.75, 3.05) is 24.7 Å². The first-order valence-electron chi connectivity index (χ1n) is 13.3. The van der Waals surface area contributed by atoms with Crippen LogP contribution in [0.1, 0.15) is 56.9 Å². The number of carbonyl (C=O) groups is 1. The van der Waals surface area contributed by atoms with Crippen molar-refractivity contribution in [2.24, 2.45) is 29.1 Å². The number of nitrogens with zero attached hydrogens (tertiary/aromatic N) is 2. The van der Waals surface area contributed by atoms with E-state index in [1.54, 1.807) is 0 Å². The second-order valence-electron chi connectivity index (χ2n) is 11.7. The Balaban J connectivity index is 1.16. The van der Waals surface area contributed by atoms with Crippen LogP contribution in [0.5, 0.6) is 0 Å². The number of para-hydroxylation sites is 1. The first-order valence-corrected chi connectivity index (χ1v) is 13.3. The maximum atomic E-state index is 14.3. The lowest BCUT2D eigenvalue weighted by Crippen LogP contribution is -2.56. The number of anilines is 1. The van der Waals surface area contributed by atoms with Gasteiger partial charge in [0, 0.05) is 18.8 Å². The molecule has 0 N–H and O–H groups in total. The zero-order valence-corrected chi connectivity index (χ0v) is 19.9. The molecule has 0 spiro atoms. The van der Waals surface area contributed by atoms with Crippen LogP contribution in [0.4, 0.5) is 5.69 Å². The van der Waals surface area contributed by atoms with Crippen molar-refractivity contribution in [3.63, 3.8) is 0 Å². The third kappa shape index (κ3) is 4.37. The van der Waals surface area contributed by atoms with Gasteiger partial charge in [-0.25, -0.2) is 0 Å². The molecule has 4 bridgehead atoms. The van der Waals surface area contributed by atoms with Gasteiger partial charge in [0.05, 0.1) is 12.1 Å². The van der Waals surface area contributed by atoms with Crippen molar-refractivity contribution < 1.29 is 4.79 Å². The lowest BCUT2D eigenvalue weighted by Gasteiger charge is -2.56. The molecule has 0 aromatic heterocycles. The highest BCUT2D eigenvalue weighted by Crippen LogP contribution is 2.60. The minimum atomic E-state index is -0.0871. The molecule has 0 radical (unpaired) electrons. The fourth-order valence-corrected chi connectivity index (χ4v) is 8.01. The molecule has 3 heteroatoms. The highest BCUT2D eigenvalue weighted by Gasteiger charge is 2.55. The second-order valence-corrected chi connectivity index (χ2v) is 11.7. The van der Waals surface area contributed by atoms with E-state index in [9.17, 15) is 4.79 Å². The smallest absolute Gasteiger partial charge is 0.234 e. The van der Waals surface area contributed by atoms with E-state index in [0.29, 0.717) is 5.91 Å². The van der Waals surface area contributed by atoms with Gasteiger partial charge < -0.3 is 0 Å². The summed E-state index contributed by atoms with van der Waals surface area (Å²) in [5.74, 6) is 3.58. The molecule has 0 unspecified atom stereocenters. The summed E-state index contributed by atoms with van der Waals surface area (Å²) < 4.78 is 0. The Morgan fingerprint density at radius 1 is 0.818 bits per heavy atom. The fraction of sp³-hybridized carbons (Fsp3) is 0.567. The van der Waals surface area contributed by atoms with Crippen molar-refractivity contribution in [3.8, 4) is 0 Å². The Bertz CT molecular complexity index is 912. The zero-order chi connectivity index (χ0) is 22.3. The molecule has 33 heavy (non-hydrogen) atoms. The molecule has 5 fully saturated rings. The van der Waals surface area contributed by atoms with Crippen LogP contribution < -0.4 is 4.90 Å². The van der Waals surface area contributed by atoms with Crippen LogP contribution in [0.2, 0.25) is 0 Å². The van der Waals surface area contributed by atoms with Crippen molar-refractivity contribution in [1.29, 1.82) is 0 Å². The van der Waals surface area contributed by atoms with Crippen molar-refractivity contribution in [1.82, 2.24) is 4.90 Å². The van der Waals surface area contributed by atoms with E-state index in [4.69, 9.17) is 0 Å². The molecule has 3 nitrogen and oxygen atoms in total. The van der Waals surface area contributed by atoms with E-state index in [-0.39, 0.29) is 5.41 Å². The van der Waals surface area contributed by atoms with Crippen LogP contribution in [-0.2, 0) is 11.2 Å². The number of likely N-dealkylation sites (tertiary alicyclic amines) is 1. The van der Waals surface area contributed by atoms with Crippen LogP contribution in [0.25, 0.3) is 0 Å². The summed E-state index contributed by atoms with van der Waals surface area (Å²) >= 11 is 0. The third-order valence-corrected chi connectivity index (χ3v) is 9.22. The highest BCUT2D eigenvalue weighted by molar-refractivity contribution is 5.97. The SMILES string of the molecule is O=C(N(CN1CCC(Cc2ccccc2)CC1)c1ccccc1)C12CC3CC(CC(C3)C1)C2. The molecule has 2 aromatic carbocycles. The summed E-state index contributed by atoms with van der Waals surface area (Å²) in [6.45, 7) is 2.94. The monoisotopic (exact) mass is 442 g/mol. The summed E-state index contributed by atoms with van der Waals surface area (Å²) in [5, 5.41) is 0. The molecule has 174 valence electrons. The third-order valence-electron chi connectivity index (χ3n) is 9.22. The first-order chi connectivity index (χ1) is 16.2. The van der Waals surface area contributed by atoms with Crippen LogP contribution in [0.15, 0.2) is 60.7 Å². The zero-order valence-electron chi connectivity index (χ0n) is 19.9. The predicted octanol–water partition coefficient (Wildman–Crippen LogP) is 6.15. The largest absolute Gasteiger partial charge is 0.298 e. The maximum Gasteiger partial charge on any atom is 0.234 e. The quantitative estimate of drug-likeness (QED) is 0.536. The van der Waals surface area contributed by atoms with Crippen LogP contribution in [0, 0.1) is 29.1 Å². The number of amides is 1. The van der Waals surface area contributed by atoms with E-state index in [0.717, 1.165) is 68.4 Å². The van der Waals surface area contributed by atoms with Gasteiger partial charge in [-0.15, -0.1) is 0 Å². The molecule has 0 atom stereocenters. The summed E-state index contributed by atoms with van der Waals surface area (Å²) in [7, 11) is 0. The number of carbonyl (C=O) groups excluding carboxylic acids is 1. The van der Waals surface area contributed by atoms with Gasteiger partial charge in [-0.1, -0.05) is 48.5 Å². The van der Waals surface area contributed by atoms with Gasteiger partial charge in [-0.2, -0.15) is 0 Å². The Hall–Kier alpha value is -2.13. The molecule has 1 aliphatic heterocycles. The van der Waals surface area contributed by atoms with Crippen LogP contribution in [-0.4, -0.2) is 30.6 Å². The van der Waals surface area contributed by atoms with E-state index >= 15 is 0 Å². The summed E-state index contributed by atoms with van der Waals surface area (Å²) in [4.78, 5) is 19.0. The average molecular weight is 443 g/mol. The minimum Gasteiger partial charge on any atom is -0.298 e. The topological polar surface area (TPSA) is 23.6 Å². The number of benzene rings is 2. The van der Waals surface area contributed by atoms with Crippen LogP contribution >= 0.6 is 0 Å². The molecule has 1 heterocycles. The van der Waals surface area contributed by atoms with Gasteiger partial charge in [0.2, 0.25) is 5.91 Å². The number of hydrogen-bond acceptors (Lipinski definition) is 2. The predicted molar refractivity (Wildman–Crippen MR) is 134 cm³/mol. The molecule has 4 aliphatic carbocycles.